The average Bonchev–Trinajstić information content (AvgIpc) is 2.68. The van der Waals surface area contributed by atoms with E-state index in [1.807, 2.05) is 0 Å². The summed E-state index contributed by atoms with van der Waals surface area (Å²) in [5.74, 6) is -0.830. The van der Waals surface area contributed by atoms with Gasteiger partial charge in [0.25, 0.3) is 5.91 Å². The highest BCUT2D eigenvalue weighted by Gasteiger charge is 2.15. The Bertz CT molecular complexity index is 566. The van der Waals surface area contributed by atoms with E-state index in [0.29, 0.717) is 11.4 Å². The largest absolute Gasteiger partial charge is 0.438 e. The van der Waals surface area contributed by atoms with Crippen LogP contribution in [0.25, 0.3) is 0 Å². The van der Waals surface area contributed by atoms with Gasteiger partial charge in [-0.15, -0.1) is 0 Å². The van der Waals surface area contributed by atoms with Crippen molar-refractivity contribution in [2.24, 2.45) is 0 Å². The fraction of sp³-hybridized carbons (Fsp3) is 0.0909. The summed E-state index contributed by atoms with van der Waals surface area (Å²) >= 11 is 0. The van der Waals surface area contributed by atoms with Gasteiger partial charge in [0.1, 0.15) is 5.82 Å². The molecule has 0 fully saturated rings. The van der Waals surface area contributed by atoms with Gasteiger partial charge in [0.2, 0.25) is 5.76 Å². The number of nitrogen functional groups attached to an aromatic ring is 1. The number of carbonyl (C=O) groups excluding carboxylic acids is 1. The smallest absolute Gasteiger partial charge is 0.293 e. The first-order valence-corrected chi connectivity index (χ1v) is 4.84. The molecule has 1 amide bonds. The maximum absolute atomic E-state index is 12.8. The molecule has 3 N–H and O–H groups in total. The van der Waals surface area contributed by atoms with Crippen molar-refractivity contribution >= 4 is 17.3 Å². The Hall–Kier alpha value is -2.37. The van der Waals surface area contributed by atoms with E-state index >= 15 is 0 Å². The number of oxazole rings is 1. The SMILES string of the molecule is Cc1ncoc1C(=O)Nc1ccc(F)cc1N. The molecular formula is C11H10FN3O2. The fourth-order valence-electron chi connectivity index (χ4n) is 1.35. The summed E-state index contributed by atoms with van der Waals surface area (Å²) in [5, 5.41) is 2.52. The summed E-state index contributed by atoms with van der Waals surface area (Å²) < 4.78 is 17.7. The predicted molar refractivity (Wildman–Crippen MR) is 60.0 cm³/mol. The Morgan fingerprint density at radius 1 is 1.53 bits per heavy atom. The summed E-state index contributed by atoms with van der Waals surface area (Å²) in [6.45, 7) is 1.65. The third-order valence-electron chi connectivity index (χ3n) is 2.21. The van der Waals surface area contributed by atoms with Crippen LogP contribution in [0.4, 0.5) is 15.8 Å². The van der Waals surface area contributed by atoms with Crippen molar-refractivity contribution in [2.45, 2.75) is 6.92 Å². The first-order chi connectivity index (χ1) is 8.08. The lowest BCUT2D eigenvalue weighted by molar-refractivity contribution is 0.0996. The first-order valence-electron chi connectivity index (χ1n) is 4.84. The van der Waals surface area contributed by atoms with Crippen LogP contribution in [-0.2, 0) is 0 Å². The number of aromatic nitrogens is 1. The molecular weight excluding hydrogens is 225 g/mol. The van der Waals surface area contributed by atoms with E-state index < -0.39 is 11.7 Å². The normalized spacial score (nSPS) is 10.2. The zero-order valence-corrected chi connectivity index (χ0v) is 9.03. The van der Waals surface area contributed by atoms with E-state index in [1.165, 1.54) is 18.5 Å². The molecule has 17 heavy (non-hydrogen) atoms. The van der Waals surface area contributed by atoms with Crippen molar-refractivity contribution in [1.29, 1.82) is 0 Å². The molecule has 88 valence electrons. The van der Waals surface area contributed by atoms with Gasteiger partial charge in [-0.25, -0.2) is 9.37 Å². The van der Waals surface area contributed by atoms with E-state index in [1.54, 1.807) is 6.92 Å². The van der Waals surface area contributed by atoms with Crippen LogP contribution in [0.2, 0.25) is 0 Å². The second kappa shape index (κ2) is 4.25. The highest BCUT2D eigenvalue weighted by Crippen LogP contribution is 2.20. The highest BCUT2D eigenvalue weighted by atomic mass is 19.1. The Morgan fingerprint density at radius 2 is 2.29 bits per heavy atom. The Kier molecular flexibility index (Phi) is 2.78. The van der Waals surface area contributed by atoms with Crippen LogP contribution < -0.4 is 11.1 Å². The van der Waals surface area contributed by atoms with Crippen molar-refractivity contribution < 1.29 is 13.6 Å². The van der Waals surface area contributed by atoms with E-state index in [-0.39, 0.29) is 11.4 Å². The number of nitrogens with two attached hydrogens (primary N) is 1. The third-order valence-corrected chi connectivity index (χ3v) is 2.21. The van der Waals surface area contributed by atoms with Crippen molar-refractivity contribution in [3.8, 4) is 0 Å². The van der Waals surface area contributed by atoms with Crippen molar-refractivity contribution in [3.63, 3.8) is 0 Å². The zero-order valence-electron chi connectivity index (χ0n) is 9.03. The van der Waals surface area contributed by atoms with Crippen LogP contribution in [0.1, 0.15) is 16.2 Å². The van der Waals surface area contributed by atoms with Gasteiger partial charge in [0.05, 0.1) is 17.1 Å². The lowest BCUT2D eigenvalue weighted by Crippen LogP contribution is -2.13. The average molecular weight is 235 g/mol. The number of carbonyl (C=O) groups is 1. The molecule has 0 atom stereocenters. The van der Waals surface area contributed by atoms with Gasteiger partial charge in [0.15, 0.2) is 6.39 Å². The maximum atomic E-state index is 12.8. The molecule has 0 aliphatic heterocycles. The zero-order chi connectivity index (χ0) is 12.4. The number of rotatable bonds is 2. The van der Waals surface area contributed by atoms with Gasteiger partial charge in [-0.2, -0.15) is 0 Å². The molecule has 6 heteroatoms. The van der Waals surface area contributed by atoms with Gasteiger partial charge in [0, 0.05) is 0 Å². The van der Waals surface area contributed by atoms with Crippen molar-refractivity contribution in [3.05, 3.63) is 41.9 Å². The molecule has 0 aliphatic carbocycles. The quantitative estimate of drug-likeness (QED) is 0.779. The predicted octanol–water partition coefficient (Wildman–Crippen LogP) is 1.96. The number of benzene rings is 1. The summed E-state index contributed by atoms with van der Waals surface area (Å²) in [5.41, 5.74) is 6.51. The minimum atomic E-state index is -0.474. The number of nitrogens with one attached hydrogen (secondary N) is 1. The first kappa shape index (κ1) is 11.1. The standard InChI is InChI=1S/C11H10FN3O2/c1-6-10(17-5-14-6)11(16)15-9-3-2-7(12)4-8(9)13/h2-5H,13H2,1H3,(H,15,16). The molecule has 2 rings (SSSR count). The fourth-order valence-corrected chi connectivity index (χ4v) is 1.35. The van der Waals surface area contributed by atoms with Crippen LogP contribution >= 0.6 is 0 Å². The van der Waals surface area contributed by atoms with Crippen LogP contribution in [0, 0.1) is 12.7 Å². The molecule has 0 saturated heterocycles. The number of aryl methyl sites for hydroxylation is 1. The molecule has 2 aromatic rings. The Labute approximate surface area is 96.4 Å². The van der Waals surface area contributed by atoms with Gasteiger partial charge >= 0.3 is 0 Å². The summed E-state index contributed by atoms with van der Waals surface area (Å²) in [6, 6.07) is 3.72. The number of anilines is 2. The molecule has 1 aromatic carbocycles. The lowest BCUT2D eigenvalue weighted by Gasteiger charge is -2.06. The van der Waals surface area contributed by atoms with Crippen molar-refractivity contribution in [2.75, 3.05) is 11.1 Å². The maximum Gasteiger partial charge on any atom is 0.293 e. The molecule has 0 unspecified atom stereocenters. The van der Waals surface area contributed by atoms with E-state index in [4.69, 9.17) is 10.2 Å². The molecule has 1 aromatic heterocycles. The van der Waals surface area contributed by atoms with Gasteiger partial charge in [-0.3, -0.25) is 4.79 Å². The van der Waals surface area contributed by atoms with E-state index in [2.05, 4.69) is 10.3 Å². The van der Waals surface area contributed by atoms with Gasteiger partial charge in [-0.05, 0) is 25.1 Å². The summed E-state index contributed by atoms with van der Waals surface area (Å²) in [7, 11) is 0. The minimum Gasteiger partial charge on any atom is -0.438 e. The molecule has 0 aliphatic rings. The van der Waals surface area contributed by atoms with Crippen LogP contribution in [0.15, 0.2) is 29.0 Å². The Morgan fingerprint density at radius 3 is 2.88 bits per heavy atom. The van der Waals surface area contributed by atoms with Gasteiger partial charge < -0.3 is 15.5 Å². The monoisotopic (exact) mass is 235 g/mol. The topological polar surface area (TPSA) is 81.2 Å². The number of halogens is 1. The molecule has 0 radical (unpaired) electrons. The highest BCUT2D eigenvalue weighted by molar-refractivity contribution is 6.04. The number of hydrogen-bond donors (Lipinski definition) is 2. The number of nitrogens with zero attached hydrogens (tertiary/aromatic N) is 1. The second-order valence-corrected chi connectivity index (χ2v) is 3.45. The third kappa shape index (κ3) is 2.25. The molecule has 0 saturated carbocycles. The lowest BCUT2D eigenvalue weighted by atomic mass is 10.2. The summed E-state index contributed by atoms with van der Waals surface area (Å²) in [4.78, 5) is 15.5. The van der Waals surface area contributed by atoms with Crippen LogP contribution in [-0.4, -0.2) is 10.9 Å². The van der Waals surface area contributed by atoms with Crippen molar-refractivity contribution in [1.82, 2.24) is 4.98 Å². The number of amides is 1. The minimum absolute atomic E-state index is 0.105. The van der Waals surface area contributed by atoms with E-state index in [0.717, 1.165) is 6.07 Å². The molecule has 5 nitrogen and oxygen atoms in total. The Balaban J connectivity index is 2.22. The number of hydrogen-bond acceptors (Lipinski definition) is 4. The van der Waals surface area contributed by atoms with E-state index in [9.17, 15) is 9.18 Å². The van der Waals surface area contributed by atoms with Crippen LogP contribution in [0.5, 0.6) is 0 Å². The molecule has 0 bridgehead atoms. The molecule has 1 heterocycles. The van der Waals surface area contributed by atoms with Gasteiger partial charge in [-0.1, -0.05) is 0 Å². The summed E-state index contributed by atoms with van der Waals surface area (Å²) in [6.07, 6.45) is 1.18. The van der Waals surface area contributed by atoms with Crippen LogP contribution in [0.3, 0.4) is 0 Å². The second-order valence-electron chi connectivity index (χ2n) is 3.45. The molecule has 0 spiro atoms.